The summed E-state index contributed by atoms with van der Waals surface area (Å²) < 4.78 is 5.05. The highest BCUT2D eigenvalue weighted by Gasteiger charge is 2.11. The van der Waals surface area contributed by atoms with Crippen LogP contribution in [0.2, 0.25) is 0 Å². The van der Waals surface area contributed by atoms with E-state index in [1.165, 1.54) is 7.11 Å². The Kier molecular flexibility index (Phi) is 3.79. The highest BCUT2D eigenvalue weighted by Crippen LogP contribution is 2.29. The van der Waals surface area contributed by atoms with Crippen LogP contribution in [-0.2, 0) is 0 Å². The molecule has 5 N–H and O–H groups in total. The van der Waals surface area contributed by atoms with Crippen LogP contribution >= 0.6 is 0 Å². The molecule has 0 atom stereocenters. The lowest BCUT2D eigenvalue weighted by molar-refractivity contribution is 0.400. The summed E-state index contributed by atoms with van der Waals surface area (Å²) in [6.07, 6.45) is 0. The SMILES string of the molecule is COc1nc(N)nc(Nc2ccc(N(C)C)cc2)c1N. The van der Waals surface area contributed by atoms with Gasteiger partial charge in [0.05, 0.1) is 7.11 Å². The Morgan fingerprint density at radius 2 is 1.75 bits per heavy atom. The molecular formula is C13H18N6O. The van der Waals surface area contributed by atoms with E-state index < -0.39 is 0 Å². The number of hydrogen-bond donors (Lipinski definition) is 3. The van der Waals surface area contributed by atoms with Gasteiger partial charge in [0.2, 0.25) is 11.8 Å². The molecule has 0 aliphatic heterocycles. The first kappa shape index (κ1) is 13.7. The molecule has 1 aromatic heterocycles. The second-order valence-corrected chi connectivity index (χ2v) is 4.42. The molecule has 0 saturated carbocycles. The minimum absolute atomic E-state index is 0.100. The smallest absolute Gasteiger partial charge is 0.244 e. The fourth-order valence-electron chi connectivity index (χ4n) is 1.70. The summed E-state index contributed by atoms with van der Waals surface area (Å²) in [5.74, 6) is 0.778. The summed E-state index contributed by atoms with van der Waals surface area (Å²) in [6, 6.07) is 7.83. The molecular weight excluding hydrogens is 256 g/mol. The van der Waals surface area contributed by atoms with E-state index in [9.17, 15) is 0 Å². The number of benzene rings is 1. The predicted octanol–water partition coefficient (Wildman–Crippen LogP) is 1.46. The summed E-state index contributed by atoms with van der Waals surface area (Å²) in [5, 5.41) is 3.10. The largest absolute Gasteiger partial charge is 0.479 e. The van der Waals surface area contributed by atoms with Gasteiger partial charge in [0.1, 0.15) is 5.69 Å². The van der Waals surface area contributed by atoms with Crippen LogP contribution in [0.3, 0.4) is 0 Å². The molecule has 20 heavy (non-hydrogen) atoms. The van der Waals surface area contributed by atoms with E-state index in [4.69, 9.17) is 16.2 Å². The highest BCUT2D eigenvalue weighted by molar-refractivity contribution is 5.74. The van der Waals surface area contributed by atoms with Crippen molar-refractivity contribution >= 4 is 28.8 Å². The van der Waals surface area contributed by atoms with Gasteiger partial charge in [-0.15, -0.1) is 0 Å². The third-order valence-corrected chi connectivity index (χ3v) is 2.77. The molecule has 2 rings (SSSR count). The summed E-state index contributed by atoms with van der Waals surface area (Å²) >= 11 is 0. The molecule has 0 aliphatic carbocycles. The van der Waals surface area contributed by atoms with Gasteiger partial charge in [-0.3, -0.25) is 0 Å². The summed E-state index contributed by atoms with van der Waals surface area (Å²) in [5.41, 5.74) is 13.8. The third kappa shape index (κ3) is 2.82. The van der Waals surface area contributed by atoms with Crippen molar-refractivity contribution in [1.82, 2.24) is 9.97 Å². The number of nitrogens with two attached hydrogens (primary N) is 2. The summed E-state index contributed by atoms with van der Waals surface area (Å²) in [6.45, 7) is 0. The number of nitrogens with zero attached hydrogens (tertiary/aromatic N) is 3. The highest BCUT2D eigenvalue weighted by atomic mass is 16.5. The first-order chi connectivity index (χ1) is 9.51. The number of nitrogens with one attached hydrogen (secondary N) is 1. The molecule has 0 fully saturated rings. The molecule has 1 aromatic carbocycles. The zero-order valence-corrected chi connectivity index (χ0v) is 11.7. The van der Waals surface area contributed by atoms with Crippen LogP contribution < -0.4 is 26.4 Å². The van der Waals surface area contributed by atoms with Crippen LogP contribution in [0.4, 0.5) is 28.8 Å². The average Bonchev–Trinajstić information content (AvgIpc) is 2.43. The van der Waals surface area contributed by atoms with Crippen LogP contribution in [0.15, 0.2) is 24.3 Å². The van der Waals surface area contributed by atoms with Gasteiger partial charge in [0.15, 0.2) is 5.82 Å². The van der Waals surface area contributed by atoms with E-state index >= 15 is 0 Å². The van der Waals surface area contributed by atoms with Crippen molar-refractivity contribution < 1.29 is 4.74 Å². The minimum Gasteiger partial charge on any atom is -0.479 e. The van der Waals surface area contributed by atoms with Crippen LogP contribution in [0, 0.1) is 0 Å². The van der Waals surface area contributed by atoms with Crippen molar-refractivity contribution in [2.45, 2.75) is 0 Å². The van der Waals surface area contributed by atoms with Crippen molar-refractivity contribution in [3.63, 3.8) is 0 Å². The van der Waals surface area contributed by atoms with Crippen LogP contribution in [0.1, 0.15) is 0 Å². The fourth-order valence-corrected chi connectivity index (χ4v) is 1.70. The molecule has 7 nitrogen and oxygen atoms in total. The Labute approximate surface area is 117 Å². The third-order valence-electron chi connectivity index (χ3n) is 2.77. The molecule has 0 spiro atoms. The minimum atomic E-state index is 0.100. The van der Waals surface area contributed by atoms with E-state index in [-0.39, 0.29) is 11.8 Å². The van der Waals surface area contributed by atoms with Gasteiger partial charge in [-0.1, -0.05) is 0 Å². The Morgan fingerprint density at radius 3 is 2.30 bits per heavy atom. The number of ether oxygens (including phenoxy) is 1. The van der Waals surface area contributed by atoms with Gasteiger partial charge in [0, 0.05) is 25.5 Å². The molecule has 0 saturated heterocycles. The van der Waals surface area contributed by atoms with Gasteiger partial charge in [0.25, 0.3) is 0 Å². The van der Waals surface area contributed by atoms with Crippen LogP contribution in [-0.4, -0.2) is 31.2 Å². The number of rotatable bonds is 4. The van der Waals surface area contributed by atoms with Gasteiger partial charge in [-0.2, -0.15) is 9.97 Å². The zero-order valence-electron chi connectivity index (χ0n) is 11.7. The van der Waals surface area contributed by atoms with Gasteiger partial charge < -0.3 is 26.4 Å². The molecule has 0 amide bonds. The van der Waals surface area contributed by atoms with E-state index in [0.717, 1.165) is 11.4 Å². The predicted molar refractivity (Wildman–Crippen MR) is 81.5 cm³/mol. The first-order valence-electron chi connectivity index (χ1n) is 6.02. The first-order valence-corrected chi connectivity index (χ1v) is 6.02. The van der Waals surface area contributed by atoms with Gasteiger partial charge in [-0.25, -0.2) is 0 Å². The van der Waals surface area contributed by atoms with Crippen molar-refractivity contribution in [1.29, 1.82) is 0 Å². The van der Waals surface area contributed by atoms with Crippen molar-refractivity contribution in [3.8, 4) is 5.88 Å². The van der Waals surface area contributed by atoms with Crippen LogP contribution in [0.25, 0.3) is 0 Å². The number of nitrogen functional groups attached to an aromatic ring is 2. The number of methoxy groups -OCH3 is 1. The monoisotopic (exact) mass is 274 g/mol. The standard InChI is InChI=1S/C13H18N6O/c1-19(2)9-6-4-8(5-7-9)16-11-10(14)12(20-3)18-13(15)17-11/h4-7H,14H2,1-3H3,(H3,15,16,17,18). The van der Waals surface area contributed by atoms with Gasteiger partial charge in [-0.05, 0) is 24.3 Å². The molecule has 7 heteroatoms. The number of anilines is 5. The van der Waals surface area contributed by atoms with Crippen molar-refractivity contribution in [2.75, 3.05) is 42.9 Å². The molecule has 0 bridgehead atoms. The molecule has 0 radical (unpaired) electrons. The quantitative estimate of drug-likeness (QED) is 0.775. The van der Waals surface area contributed by atoms with Crippen molar-refractivity contribution in [3.05, 3.63) is 24.3 Å². The number of hydrogen-bond acceptors (Lipinski definition) is 7. The van der Waals surface area contributed by atoms with E-state index in [1.54, 1.807) is 0 Å². The molecule has 1 heterocycles. The fraction of sp³-hybridized carbons (Fsp3) is 0.231. The van der Waals surface area contributed by atoms with E-state index in [0.29, 0.717) is 11.5 Å². The second-order valence-electron chi connectivity index (χ2n) is 4.42. The maximum absolute atomic E-state index is 5.91. The second kappa shape index (κ2) is 5.52. The Balaban J connectivity index is 2.27. The molecule has 2 aromatic rings. The molecule has 0 aliphatic rings. The average molecular weight is 274 g/mol. The number of aromatic nitrogens is 2. The lowest BCUT2D eigenvalue weighted by Crippen LogP contribution is -2.09. The molecule has 0 unspecified atom stereocenters. The Morgan fingerprint density at radius 1 is 1.10 bits per heavy atom. The summed E-state index contributed by atoms with van der Waals surface area (Å²) in [7, 11) is 5.45. The zero-order chi connectivity index (χ0) is 14.7. The lowest BCUT2D eigenvalue weighted by atomic mass is 10.2. The van der Waals surface area contributed by atoms with Gasteiger partial charge >= 0.3 is 0 Å². The van der Waals surface area contributed by atoms with Crippen molar-refractivity contribution in [2.24, 2.45) is 0 Å². The normalized spacial score (nSPS) is 10.2. The molecule has 106 valence electrons. The summed E-state index contributed by atoms with van der Waals surface area (Å²) in [4.78, 5) is 10.00. The lowest BCUT2D eigenvalue weighted by Gasteiger charge is -2.14. The maximum atomic E-state index is 5.91. The van der Waals surface area contributed by atoms with E-state index in [1.807, 2.05) is 43.3 Å². The maximum Gasteiger partial charge on any atom is 0.244 e. The van der Waals surface area contributed by atoms with Crippen LogP contribution in [0.5, 0.6) is 5.88 Å². The Hall–Kier alpha value is -2.70. The van der Waals surface area contributed by atoms with E-state index in [2.05, 4.69) is 15.3 Å². The topological polar surface area (TPSA) is 102 Å². The Bertz CT molecular complexity index is 597.